The van der Waals surface area contributed by atoms with Gasteiger partial charge in [0.25, 0.3) is 0 Å². The molecule has 0 amide bonds. The van der Waals surface area contributed by atoms with Gasteiger partial charge < -0.3 is 5.11 Å². The third kappa shape index (κ3) is 3.21. The van der Waals surface area contributed by atoms with Crippen LogP contribution in [0, 0.1) is 11.3 Å². The van der Waals surface area contributed by atoms with Crippen molar-refractivity contribution >= 4 is 21.7 Å². The highest BCUT2D eigenvalue weighted by Gasteiger charge is 2.11. The minimum Gasteiger partial charge on any atom is -0.477 e. The Bertz CT molecular complexity index is 547. The van der Waals surface area contributed by atoms with Gasteiger partial charge in [0.1, 0.15) is 5.69 Å². The molecule has 1 aromatic heterocycles. The Morgan fingerprint density at radius 1 is 1.62 bits per heavy atom. The van der Waals surface area contributed by atoms with Crippen LogP contribution in [-0.2, 0) is 10.0 Å². The fraction of sp³-hybridized carbons (Fsp3) is 0.125. The van der Waals surface area contributed by atoms with E-state index in [0.29, 0.717) is 0 Å². The summed E-state index contributed by atoms with van der Waals surface area (Å²) in [5.74, 6) is -1.96. The van der Waals surface area contributed by atoms with Gasteiger partial charge in [0.15, 0.2) is 5.75 Å². The molecule has 8 heteroatoms. The van der Waals surface area contributed by atoms with Crippen molar-refractivity contribution in [1.29, 1.82) is 5.26 Å². The molecular weight excluding hydrogens is 234 g/mol. The Hall–Kier alpha value is -2.14. The Balaban J connectivity index is 2.95. The zero-order valence-corrected chi connectivity index (χ0v) is 8.73. The monoisotopic (exact) mass is 241 g/mol. The third-order valence-corrected chi connectivity index (χ3v) is 2.56. The number of hydrogen-bond donors (Lipinski definition) is 2. The lowest BCUT2D eigenvalue weighted by Crippen LogP contribution is -2.16. The Morgan fingerprint density at radius 2 is 2.31 bits per heavy atom. The second-order valence-corrected chi connectivity index (χ2v) is 4.48. The number of anilines is 1. The number of aromatic carboxylic acids is 1. The second-order valence-electron chi connectivity index (χ2n) is 2.75. The van der Waals surface area contributed by atoms with Gasteiger partial charge in [-0.2, -0.15) is 5.26 Å². The molecular formula is C8H7N3O4S. The fourth-order valence-corrected chi connectivity index (χ4v) is 1.64. The van der Waals surface area contributed by atoms with Crippen molar-refractivity contribution in [3.8, 4) is 6.07 Å². The predicted molar refractivity (Wildman–Crippen MR) is 54.2 cm³/mol. The van der Waals surface area contributed by atoms with E-state index in [2.05, 4.69) is 9.71 Å². The minimum absolute atomic E-state index is 0.0580. The largest absolute Gasteiger partial charge is 0.477 e. The average molecular weight is 241 g/mol. The molecule has 0 spiro atoms. The topological polar surface area (TPSA) is 120 Å². The number of carboxylic acids is 1. The number of rotatable bonds is 4. The molecule has 0 bridgehead atoms. The average Bonchev–Trinajstić information content (AvgIpc) is 2.17. The van der Waals surface area contributed by atoms with E-state index in [1.165, 1.54) is 12.1 Å². The first-order chi connectivity index (χ1) is 7.44. The van der Waals surface area contributed by atoms with E-state index in [1.54, 1.807) is 0 Å². The smallest absolute Gasteiger partial charge is 0.354 e. The van der Waals surface area contributed by atoms with E-state index in [-0.39, 0.29) is 11.4 Å². The van der Waals surface area contributed by atoms with Gasteiger partial charge in [-0.1, -0.05) is 0 Å². The van der Waals surface area contributed by atoms with Crippen LogP contribution >= 0.6 is 0 Å². The Morgan fingerprint density at radius 3 is 2.88 bits per heavy atom. The quantitative estimate of drug-likeness (QED) is 0.768. The molecule has 0 aliphatic carbocycles. The number of sulfonamides is 1. The first kappa shape index (κ1) is 11.9. The van der Waals surface area contributed by atoms with Gasteiger partial charge in [-0.25, -0.2) is 18.2 Å². The molecule has 1 rings (SSSR count). The maximum Gasteiger partial charge on any atom is 0.354 e. The van der Waals surface area contributed by atoms with Crippen LogP contribution in [0.3, 0.4) is 0 Å². The van der Waals surface area contributed by atoms with Crippen LogP contribution in [0.25, 0.3) is 0 Å². The molecule has 7 nitrogen and oxygen atoms in total. The summed E-state index contributed by atoms with van der Waals surface area (Å²) < 4.78 is 24.4. The number of carboxylic acid groups (broad SMARTS) is 1. The van der Waals surface area contributed by atoms with E-state index in [0.717, 1.165) is 12.3 Å². The van der Waals surface area contributed by atoms with Gasteiger partial charge in [0.2, 0.25) is 10.0 Å². The molecule has 1 aromatic rings. The SMILES string of the molecule is N#CCS(=O)(=O)Nc1ccnc(C(=O)O)c1. The van der Waals surface area contributed by atoms with E-state index >= 15 is 0 Å². The van der Waals surface area contributed by atoms with E-state index in [1.807, 2.05) is 0 Å². The molecule has 0 aromatic carbocycles. The molecule has 2 N–H and O–H groups in total. The van der Waals surface area contributed by atoms with E-state index in [9.17, 15) is 13.2 Å². The Labute approximate surface area is 91.4 Å². The summed E-state index contributed by atoms with van der Waals surface area (Å²) in [6, 6.07) is 3.84. The molecule has 84 valence electrons. The maximum absolute atomic E-state index is 11.2. The molecule has 0 fully saturated rings. The van der Waals surface area contributed by atoms with Crippen molar-refractivity contribution in [3.63, 3.8) is 0 Å². The molecule has 0 unspecified atom stereocenters. The summed E-state index contributed by atoms with van der Waals surface area (Å²) in [5.41, 5.74) is -0.222. The van der Waals surface area contributed by atoms with Crippen LogP contribution < -0.4 is 4.72 Å². The number of nitrogens with zero attached hydrogens (tertiary/aromatic N) is 2. The maximum atomic E-state index is 11.2. The van der Waals surface area contributed by atoms with E-state index < -0.39 is 21.7 Å². The van der Waals surface area contributed by atoms with Crippen molar-refractivity contribution in [3.05, 3.63) is 24.0 Å². The number of aromatic nitrogens is 1. The minimum atomic E-state index is -3.76. The molecule has 0 aliphatic rings. The van der Waals surface area contributed by atoms with Crippen LogP contribution in [0.1, 0.15) is 10.5 Å². The van der Waals surface area contributed by atoms with Crippen molar-refractivity contribution in [2.75, 3.05) is 10.5 Å². The molecule has 0 saturated carbocycles. The zero-order chi connectivity index (χ0) is 12.2. The van der Waals surface area contributed by atoms with Crippen molar-refractivity contribution in [1.82, 2.24) is 4.98 Å². The highest BCUT2D eigenvalue weighted by Crippen LogP contribution is 2.10. The fourth-order valence-electron chi connectivity index (χ4n) is 0.912. The lowest BCUT2D eigenvalue weighted by atomic mass is 10.3. The van der Waals surface area contributed by atoms with E-state index in [4.69, 9.17) is 10.4 Å². The summed E-state index contributed by atoms with van der Waals surface area (Å²) in [6.07, 6.45) is 1.16. The molecule has 0 radical (unpaired) electrons. The van der Waals surface area contributed by atoms with Crippen LogP contribution in [0.4, 0.5) is 5.69 Å². The second kappa shape index (κ2) is 4.59. The van der Waals surface area contributed by atoms with Crippen LogP contribution in [0.2, 0.25) is 0 Å². The van der Waals surface area contributed by atoms with Crippen LogP contribution in [0.5, 0.6) is 0 Å². The number of pyridine rings is 1. The summed E-state index contributed by atoms with van der Waals surface area (Å²) in [5, 5.41) is 16.9. The van der Waals surface area contributed by atoms with Crippen molar-refractivity contribution < 1.29 is 18.3 Å². The number of nitrogens with one attached hydrogen (secondary N) is 1. The van der Waals surface area contributed by atoms with Gasteiger partial charge in [0.05, 0.1) is 11.8 Å². The summed E-state index contributed by atoms with van der Waals surface area (Å²) >= 11 is 0. The van der Waals surface area contributed by atoms with Gasteiger partial charge in [-0.15, -0.1) is 0 Å². The van der Waals surface area contributed by atoms with Gasteiger partial charge in [-0.3, -0.25) is 4.72 Å². The summed E-state index contributed by atoms with van der Waals surface area (Å²) in [4.78, 5) is 14.1. The van der Waals surface area contributed by atoms with Crippen LogP contribution in [0.15, 0.2) is 18.3 Å². The highest BCUT2D eigenvalue weighted by atomic mass is 32.2. The number of nitriles is 1. The normalized spacial score (nSPS) is 10.4. The molecule has 0 aliphatic heterocycles. The first-order valence-electron chi connectivity index (χ1n) is 4.01. The van der Waals surface area contributed by atoms with Gasteiger partial charge in [0, 0.05) is 6.20 Å². The highest BCUT2D eigenvalue weighted by molar-refractivity contribution is 7.92. The molecule has 0 atom stereocenters. The lowest BCUT2D eigenvalue weighted by Gasteiger charge is -2.04. The van der Waals surface area contributed by atoms with Crippen LogP contribution in [-0.4, -0.2) is 30.2 Å². The molecule has 16 heavy (non-hydrogen) atoms. The molecule has 1 heterocycles. The number of carbonyl (C=O) groups is 1. The zero-order valence-electron chi connectivity index (χ0n) is 7.91. The van der Waals surface area contributed by atoms with Crippen molar-refractivity contribution in [2.24, 2.45) is 0 Å². The van der Waals surface area contributed by atoms with Gasteiger partial charge >= 0.3 is 5.97 Å². The Kier molecular flexibility index (Phi) is 3.42. The third-order valence-electron chi connectivity index (χ3n) is 1.51. The summed E-state index contributed by atoms with van der Waals surface area (Å²) in [7, 11) is -3.76. The van der Waals surface area contributed by atoms with Crippen molar-refractivity contribution in [2.45, 2.75) is 0 Å². The molecule has 0 saturated heterocycles. The lowest BCUT2D eigenvalue weighted by molar-refractivity contribution is 0.0690. The number of hydrogen-bond acceptors (Lipinski definition) is 5. The van der Waals surface area contributed by atoms with Gasteiger partial charge in [-0.05, 0) is 12.1 Å². The predicted octanol–water partition coefficient (Wildman–Crippen LogP) is 0.0451. The first-order valence-corrected chi connectivity index (χ1v) is 5.66. The summed E-state index contributed by atoms with van der Waals surface area (Å²) in [6.45, 7) is 0. The standard InChI is InChI=1S/C8H7N3O4S/c9-2-4-16(14,15)11-6-1-3-10-7(5-6)8(12)13/h1,3,5H,4H2,(H,10,11)(H,12,13).